The number of hydrogen-bond donors (Lipinski definition) is 1. The molecule has 0 amide bonds. The van der Waals surface area contributed by atoms with Crippen molar-refractivity contribution in [3.05, 3.63) is 58.1 Å². The third-order valence-corrected chi connectivity index (χ3v) is 3.46. The molecular weight excluding hydrogens is 321 g/mol. The van der Waals surface area contributed by atoms with Gasteiger partial charge in [0.1, 0.15) is 11.9 Å². The van der Waals surface area contributed by atoms with Gasteiger partial charge in [-0.3, -0.25) is 4.79 Å². The van der Waals surface area contributed by atoms with Crippen molar-refractivity contribution in [2.45, 2.75) is 6.42 Å². The highest BCUT2D eigenvalue weighted by molar-refractivity contribution is 6.39. The van der Waals surface area contributed by atoms with Gasteiger partial charge >= 0.3 is 5.97 Å². The largest absolute Gasteiger partial charge is 0.353 e. The lowest BCUT2D eigenvalue weighted by Gasteiger charge is -2.13. The van der Waals surface area contributed by atoms with E-state index in [9.17, 15) is 4.79 Å². The molecule has 2 rings (SSSR count). The van der Waals surface area contributed by atoms with Gasteiger partial charge in [0.15, 0.2) is 0 Å². The maximum atomic E-state index is 11.3. The molecule has 0 spiro atoms. The quantitative estimate of drug-likeness (QED) is 0.859. The zero-order valence-corrected chi connectivity index (χ0v) is 12.5. The molecule has 2 aromatic rings. The maximum absolute atomic E-state index is 11.3. The Morgan fingerprint density at radius 3 is 2.35 bits per heavy atom. The van der Waals surface area contributed by atoms with Crippen LogP contribution in [0.5, 0.6) is 0 Å². The molecule has 0 aliphatic carbocycles. The number of carbonyl (C=O) groups is 1. The lowest BCUT2D eigenvalue weighted by molar-refractivity contribution is -0.133. The number of benzene rings is 2. The summed E-state index contributed by atoms with van der Waals surface area (Å²) in [5.41, 5.74) is 2.03. The van der Waals surface area contributed by atoms with Crippen molar-refractivity contribution in [1.82, 2.24) is 0 Å². The fraction of sp³-hybridized carbons (Fsp3) is 0.0714. The van der Waals surface area contributed by atoms with Gasteiger partial charge in [0.05, 0.1) is 22.2 Å². The molecule has 0 bridgehead atoms. The van der Waals surface area contributed by atoms with Crippen molar-refractivity contribution >= 4 is 52.4 Å². The lowest BCUT2D eigenvalue weighted by atomic mass is 10.1. The van der Waals surface area contributed by atoms with Crippen molar-refractivity contribution in [2.75, 3.05) is 5.32 Å². The Morgan fingerprint density at radius 2 is 1.70 bits per heavy atom. The highest BCUT2D eigenvalue weighted by Crippen LogP contribution is 2.33. The molecule has 6 heteroatoms. The van der Waals surface area contributed by atoms with Gasteiger partial charge in [-0.2, -0.15) is 0 Å². The van der Waals surface area contributed by atoms with Gasteiger partial charge in [0, 0.05) is 5.69 Å². The van der Waals surface area contributed by atoms with Gasteiger partial charge in [-0.05, 0) is 23.8 Å². The summed E-state index contributed by atoms with van der Waals surface area (Å²) in [6.07, 6.45) is 0.0503. The molecule has 0 atom stereocenters. The van der Waals surface area contributed by atoms with Crippen LogP contribution < -0.4 is 5.32 Å². The summed E-state index contributed by atoms with van der Waals surface area (Å²) in [4.78, 5) is 11.3. The lowest BCUT2D eigenvalue weighted by Crippen LogP contribution is -2.05. The van der Waals surface area contributed by atoms with Crippen LogP contribution in [0.15, 0.2) is 42.5 Å². The topological polar surface area (TPSA) is 38.3 Å². The minimum absolute atomic E-state index is 0.0503. The van der Waals surface area contributed by atoms with Crippen LogP contribution in [0.1, 0.15) is 5.56 Å². The number of anilines is 2. The molecule has 1 N–H and O–H groups in total. The molecule has 0 aliphatic heterocycles. The zero-order valence-electron chi connectivity index (χ0n) is 10.2. The second kappa shape index (κ2) is 6.84. The normalized spacial score (nSPS) is 10.2. The molecule has 20 heavy (non-hydrogen) atoms. The average Bonchev–Trinajstić information content (AvgIpc) is 2.44. The first-order valence-electron chi connectivity index (χ1n) is 5.72. The van der Waals surface area contributed by atoms with Crippen LogP contribution in [0.3, 0.4) is 0 Å². The van der Waals surface area contributed by atoms with Gasteiger partial charge in [0.25, 0.3) is 0 Å². The van der Waals surface area contributed by atoms with Gasteiger partial charge in [0.2, 0.25) is 0 Å². The summed E-state index contributed by atoms with van der Waals surface area (Å²) in [6.45, 7) is 0. The predicted octanol–water partition coefficient (Wildman–Crippen LogP) is 4.98. The van der Waals surface area contributed by atoms with Gasteiger partial charge in [-0.25, -0.2) is 0 Å². The van der Waals surface area contributed by atoms with E-state index in [0.29, 0.717) is 21.4 Å². The number of hydrogen-bond acceptors (Lipinski definition) is 3. The summed E-state index contributed by atoms with van der Waals surface area (Å²) in [5, 5.41) is 4.11. The van der Waals surface area contributed by atoms with Crippen LogP contribution in [0.4, 0.5) is 11.4 Å². The van der Waals surface area contributed by atoms with Crippen LogP contribution in [0.2, 0.25) is 10.0 Å². The molecule has 104 valence electrons. The Morgan fingerprint density at radius 1 is 1.05 bits per heavy atom. The highest BCUT2D eigenvalue weighted by atomic mass is 35.5. The Balaban J connectivity index is 2.32. The summed E-state index contributed by atoms with van der Waals surface area (Å²) in [6, 6.07) is 12.5. The first-order chi connectivity index (χ1) is 9.61. The molecule has 2 aromatic carbocycles. The molecule has 0 fully saturated rings. The monoisotopic (exact) mass is 329 g/mol. The van der Waals surface area contributed by atoms with Crippen molar-refractivity contribution in [1.29, 1.82) is 0 Å². The number of para-hydroxylation sites is 2. The van der Waals surface area contributed by atoms with Crippen LogP contribution in [0.25, 0.3) is 0 Å². The van der Waals surface area contributed by atoms with E-state index in [0.717, 1.165) is 5.56 Å². The molecule has 0 aliphatic rings. The molecule has 0 aromatic heterocycles. The van der Waals surface area contributed by atoms with Crippen LogP contribution in [0, 0.1) is 0 Å². The third-order valence-electron chi connectivity index (χ3n) is 2.66. The van der Waals surface area contributed by atoms with Gasteiger partial charge in [-0.1, -0.05) is 47.5 Å². The molecule has 0 heterocycles. The molecule has 0 saturated carbocycles. The molecule has 3 nitrogen and oxygen atoms in total. The van der Waals surface area contributed by atoms with Crippen LogP contribution in [-0.2, 0) is 15.5 Å². The van der Waals surface area contributed by atoms with Gasteiger partial charge in [-0.15, -0.1) is 0 Å². The molecular formula is C14H10Cl3NO2. The number of nitrogens with one attached hydrogen (secondary N) is 1. The minimum atomic E-state index is -0.536. The van der Waals surface area contributed by atoms with Gasteiger partial charge < -0.3 is 9.61 Å². The fourth-order valence-corrected chi connectivity index (χ4v) is 2.28. The third kappa shape index (κ3) is 3.57. The summed E-state index contributed by atoms with van der Waals surface area (Å²) >= 11 is 17.3. The Hall–Kier alpha value is -1.42. The Labute approximate surface area is 131 Å². The fourth-order valence-electron chi connectivity index (χ4n) is 1.73. The van der Waals surface area contributed by atoms with Crippen molar-refractivity contribution in [3.63, 3.8) is 0 Å². The Bertz CT molecular complexity index is 611. The molecule has 0 radical (unpaired) electrons. The first-order valence-corrected chi connectivity index (χ1v) is 6.78. The van der Waals surface area contributed by atoms with E-state index in [1.54, 1.807) is 24.3 Å². The molecule has 0 unspecified atom stereocenters. The van der Waals surface area contributed by atoms with Crippen LogP contribution in [-0.4, -0.2) is 5.97 Å². The summed E-state index contributed by atoms with van der Waals surface area (Å²) in [5.74, 6) is -0.536. The first kappa shape index (κ1) is 15.0. The van der Waals surface area contributed by atoms with E-state index in [-0.39, 0.29) is 6.42 Å². The SMILES string of the molecule is O=C(Cc1ccccc1Nc1c(Cl)cccc1Cl)OCl. The van der Waals surface area contributed by atoms with Crippen molar-refractivity contribution in [3.8, 4) is 0 Å². The second-order valence-electron chi connectivity index (χ2n) is 4.00. The summed E-state index contributed by atoms with van der Waals surface area (Å²) < 4.78 is 4.16. The van der Waals surface area contributed by atoms with E-state index in [1.807, 2.05) is 18.2 Å². The number of rotatable bonds is 4. The van der Waals surface area contributed by atoms with E-state index in [1.165, 1.54) is 0 Å². The minimum Gasteiger partial charge on any atom is -0.353 e. The smallest absolute Gasteiger partial charge is 0.329 e. The number of halogens is 3. The Kier molecular flexibility index (Phi) is 5.12. The van der Waals surface area contributed by atoms with E-state index in [2.05, 4.69) is 9.61 Å². The van der Waals surface area contributed by atoms with E-state index in [4.69, 9.17) is 35.1 Å². The van der Waals surface area contributed by atoms with E-state index >= 15 is 0 Å². The summed E-state index contributed by atoms with van der Waals surface area (Å²) in [7, 11) is 0. The predicted molar refractivity (Wildman–Crippen MR) is 81.8 cm³/mol. The standard InChI is InChI=1S/C14H10Cl3NO2/c15-10-5-3-6-11(16)14(10)18-12-7-2-1-4-9(12)8-13(19)20-17/h1-7,18H,8H2. The van der Waals surface area contributed by atoms with Crippen molar-refractivity contribution in [2.24, 2.45) is 0 Å². The molecule has 0 saturated heterocycles. The number of carbonyl (C=O) groups excluding carboxylic acids is 1. The van der Waals surface area contributed by atoms with Crippen LogP contribution >= 0.6 is 35.1 Å². The van der Waals surface area contributed by atoms with E-state index < -0.39 is 5.97 Å². The highest BCUT2D eigenvalue weighted by Gasteiger charge is 2.11. The van der Waals surface area contributed by atoms with Crippen molar-refractivity contribution < 1.29 is 9.08 Å². The average molecular weight is 331 g/mol. The second-order valence-corrected chi connectivity index (χ2v) is 4.97. The zero-order chi connectivity index (χ0) is 14.5. The maximum Gasteiger partial charge on any atom is 0.329 e.